The summed E-state index contributed by atoms with van der Waals surface area (Å²) in [5.41, 5.74) is -0.393. The van der Waals surface area contributed by atoms with Crippen LogP contribution in [0.1, 0.15) is 17.2 Å². The Balaban J connectivity index is 2.10. The zero-order chi connectivity index (χ0) is 15.5. The van der Waals surface area contributed by atoms with Crippen LogP contribution in [0.5, 0.6) is 5.75 Å². The second kappa shape index (κ2) is 6.37. The van der Waals surface area contributed by atoms with Gasteiger partial charge in [0.1, 0.15) is 18.5 Å². The van der Waals surface area contributed by atoms with Crippen LogP contribution in [0, 0.1) is 0 Å². The van der Waals surface area contributed by atoms with Gasteiger partial charge in [0.2, 0.25) is 0 Å². The molecule has 2 aromatic rings. The normalized spacial score (nSPS) is 13.0. The number of halogens is 4. The van der Waals surface area contributed by atoms with E-state index in [9.17, 15) is 18.3 Å². The third-order valence-electron chi connectivity index (χ3n) is 2.82. The van der Waals surface area contributed by atoms with E-state index in [1.165, 1.54) is 24.3 Å². The molecule has 2 aromatic carbocycles. The number of hydrogen-bond donors (Lipinski definition) is 1. The van der Waals surface area contributed by atoms with Crippen molar-refractivity contribution >= 4 is 11.6 Å². The van der Waals surface area contributed by atoms with E-state index in [0.29, 0.717) is 10.6 Å². The third kappa shape index (κ3) is 4.12. The smallest absolute Gasteiger partial charge is 0.419 e. The first-order valence-electron chi connectivity index (χ1n) is 6.10. The first kappa shape index (κ1) is 15.7. The van der Waals surface area contributed by atoms with Gasteiger partial charge in [-0.1, -0.05) is 35.9 Å². The summed E-state index contributed by atoms with van der Waals surface area (Å²) in [6, 6.07) is 11.3. The van der Waals surface area contributed by atoms with Crippen molar-refractivity contribution in [3.05, 3.63) is 64.7 Å². The maximum Gasteiger partial charge on any atom is 0.419 e. The predicted molar refractivity (Wildman–Crippen MR) is 73.4 cm³/mol. The Morgan fingerprint density at radius 1 is 1.10 bits per heavy atom. The summed E-state index contributed by atoms with van der Waals surface area (Å²) in [5, 5.41) is 10.4. The second-order valence-corrected chi connectivity index (χ2v) is 4.81. The molecule has 2 nitrogen and oxygen atoms in total. The first-order chi connectivity index (χ1) is 9.88. The highest BCUT2D eigenvalue weighted by molar-refractivity contribution is 6.30. The number of ether oxygens (including phenoxy) is 1. The van der Waals surface area contributed by atoms with Gasteiger partial charge in [-0.25, -0.2) is 0 Å². The highest BCUT2D eigenvalue weighted by Crippen LogP contribution is 2.36. The molecule has 0 aliphatic heterocycles. The molecule has 1 atom stereocenters. The van der Waals surface area contributed by atoms with Crippen molar-refractivity contribution in [1.82, 2.24) is 0 Å². The molecule has 0 radical (unpaired) electrons. The maximum atomic E-state index is 12.8. The van der Waals surface area contributed by atoms with Crippen LogP contribution < -0.4 is 4.74 Å². The van der Waals surface area contributed by atoms with Crippen molar-refractivity contribution in [2.24, 2.45) is 0 Å². The topological polar surface area (TPSA) is 29.5 Å². The van der Waals surface area contributed by atoms with Gasteiger partial charge in [-0.15, -0.1) is 0 Å². The second-order valence-electron chi connectivity index (χ2n) is 4.38. The molecule has 1 unspecified atom stereocenters. The molecule has 0 amide bonds. The lowest BCUT2D eigenvalue weighted by molar-refractivity contribution is -0.139. The molecule has 0 spiro atoms. The fourth-order valence-electron chi connectivity index (χ4n) is 1.81. The molecule has 0 saturated heterocycles. The number of aliphatic hydroxyl groups is 1. The van der Waals surface area contributed by atoms with Gasteiger partial charge in [0.05, 0.1) is 5.56 Å². The number of hydrogen-bond acceptors (Lipinski definition) is 2. The average molecular weight is 317 g/mol. The van der Waals surface area contributed by atoms with Gasteiger partial charge in [0, 0.05) is 5.02 Å². The van der Waals surface area contributed by atoms with Crippen LogP contribution in [0.15, 0.2) is 48.5 Å². The Labute approximate surface area is 124 Å². The molecule has 6 heteroatoms. The van der Waals surface area contributed by atoms with Gasteiger partial charge in [-0.05, 0) is 29.8 Å². The number of aliphatic hydroxyl groups excluding tert-OH is 1. The van der Waals surface area contributed by atoms with Crippen LogP contribution in [0.3, 0.4) is 0 Å². The van der Waals surface area contributed by atoms with Crippen molar-refractivity contribution in [3.8, 4) is 5.75 Å². The van der Waals surface area contributed by atoms with Crippen molar-refractivity contribution < 1.29 is 23.0 Å². The highest BCUT2D eigenvalue weighted by Gasteiger charge is 2.34. The zero-order valence-electron chi connectivity index (χ0n) is 10.8. The molecular weight excluding hydrogens is 305 g/mol. The standard InChI is InChI=1S/C15H12ClF3O2/c16-11-5-3-4-10(8-11)13(20)9-21-14-7-2-1-6-12(14)15(17,18)19/h1-8,13,20H,9H2. The van der Waals surface area contributed by atoms with Crippen molar-refractivity contribution in [2.45, 2.75) is 12.3 Å². The number of rotatable bonds is 4. The van der Waals surface area contributed by atoms with Crippen LogP contribution in [0.25, 0.3) is 0 Å². The Morgan fingerprint density at radius 3 is 2.48 bits per heavy atom. The van der Waals surface area contributed by atoms with E-state index in [1.807, 2.05) is 0 Å². The van der Waals surface area contributed by atoms with Crippen LogP contribution in [-0.2, 0) is 6.18 Å². The molecule has 21 heavy (non-hydrogen) atoms. The average Bonchev–Trinajstić information content (AvgIpc) is 2.44. The molecule has 2 rings (SSSR count). The van der Waals surface area contributed by atoms with E-state index in [2.05, 4.69) is 0 Å². The summed E-state index contributed by atoms with van der Waals surface area (Å²) < 4.78 is 43.5. The molecule has 112 valence electrons. The molecule has 0 aliphatic carbocycles. The van der Waals surface area contributed by atoms with Crippen molar-refractivity contribution in [1.29, 1.82) is 0 Å². The first-order valence-corrected chi connectivity index (χ1v) is 6.48. The number of para-hydroxylation sites is 1. The SMILES string of the molecule is OC(COc1ccccc1C(F)(F)F)c1cccc(Cl)c1. The van der Waals surface area contributed by atoms with Gasteiger partial charge in [0.15, 0.2) is 0 Å². The van der Waals surface area contributed by atoms with E-state index in [0.717, 1.165) is 6.07 Å². The Morgan fingerprint density at radius 2 is 1.81 bits per heavy atom. The summed E-state index contributed by atoms with van der Waals surface area (Å²) in [6.45, 7) is -0.298. The molecule has 0 bridgehead atoms. The Hall–Kier alpha value is -1.72. The lowest BCUT2D eigenvalue weighted by atomic mass is 10.1. The molecule has 0 saturated carbocycles. The quantitative estimate of drug-likeness (QED) is 0.901. The van der Waals surface area contributed by atoms with E-state index >= 15 is 0 Å². The largest absolute Gasteiger partial charge is 0.490 e. The fraction of sp³-hybridized carbons (Fsp3) is 0.200. The zero-order valence-corrected chi connectivity index (χ0v) is 11.5. The summed E-state index contributed by atoms with van der Waals surface area (Å²) >= 11 is 5.79. The lowest BCUT2D eigenvalue weighted by Gasteiger charge is -2.16. The van der Waals surface area contributed by atoms with Crippen molar-refractivity contribution in [2.75, 3.05) is 6.61 Å². The Kier molecular flexibility index (Phi) is 4.75. The van der Waals surface area contributed by atoms with E-state index in [1.54, 1.807) is 18.2 Å². The fourth-order valence-corrected chi connectivity index (χ4v) is 2.00. The van der Waals surface area contributed by atoms with E-state index < -0.39 is 17.8 Å². The third-order valence-corrected chi connectivity index (χ3v) is 3.06. The van der Waals surface area contributed by atoms with Crippen LogP contribution in [-0.4, -0.2) is 11.7 Å². The minimum atomic E-state index is -4.50. The minimum Gasteiger partial charge on any atom is -0.490 e. The van der Waals surface area contributed by atoms with Crippen LogP contribution >= 0.6 is 11.6 Å². The molecular formula is C15H12ClF3O2. The molecule has 0 aliphatic rings. The minimum absolute atomic E-state index is 0.298. The summed E-state index contributed by atoms with van der Waals surface area (Å²) in [6.07, 6.45) is -5.57. The maximum absolute atomic E-state index is 12.8. The van der Waals surface area contributed by atoms with Gasteiger partial charge in [0.25, 0.3) is 0 Å². The summed E-state index contributed by atoms with van der Waals surface area (Å²) in [7, 11) is 0. The van der Waals surface area contributed by atoms with Gasteiger partial charge >= 0.3 is 6.18 Å². The van der Waals surface area contributed by atoms with Crippen LogP contribution in [0.4, 0.5) is 13.2 Å². The molecule has 1 N–H and O–H groups in total. The van der Waals surface area contributed by atoms with Crippen molar-refractivity contribution in [3.63, 3.8) is 0 Å². The lowest BCUT2D eigenvalue weighted by Crippen LogP contribution is -2.13. The summed E-state index contributed by atoms with van der Waals surface area (Å²) in [5.74, 6) is -0.314. The number of benzene rings is 2. The summed E-state index contributed by atoms with van der Waals surface area (Å²) in [4.78, 5) is 0. The monoisotopic (exact) mass is 316 g/mol. The van der Waals surface area contributed by atoms with Gasteiger partial charge in [-0.2, -0.15) is 13.2 Å². The van der Waals surface area contributed by atoms with Gasteiger partial charge < -0.3 is 9.84 Å². The van der Waals surface area contributed by atoms with E-state index in [4.69, 9.17) is 16.3 Å². The molecule has 0 heterocycles. The molecule has 0 aromatic heterocycles. The molecule has 0 fully saturated rings. The predicted octanol–water partition coefficient (Wildman–Crippen LogP) is 4.47. The Bertz CT molecular complexity index is 614. The van der Waals surface area contributed by atoms with E-state index in [-0.39, 0.29) is 12.4 Å². The highest BCUT2D eigenvalue weighted by atomic mass is 35.5. The van der Waals surface area contributed by atoms with Gasteiger partial charge in [-0.3, -0.25) is 0 Å². The number of alkyl halides is 3. The van der Waals surface area contributed by atoms with Crippen LogP contribution in [0.2, 0.25) is 5.02 Å².